The van der Waals surface area contributed by atoms with Gasteiger partial charge in [0, 0.05) is 18.8 Å². The number of rotatable bonds is 4. The van der Waals surface area contributed by atoms with Gasteiger partial charge >= 0.3 is 0 Å². The van der Waals surface area contributed by atoms with Gasteiger partial charge < -0.3 is 4.57 Å². The summed E-state index contributed by atoms with van der Waals surface area (Å²) in [6.07, 6.45) is 3.49. The standard InChI is InChI=1S/C17H16Cl2N4OS/c1-4-8-22-14-11(18)5-6-12(19)15(14)25-17(22)20-16(24)13-7-9-23(21-13)10(2)3/h4-7,9-10H,1,8H2,2-3H3. The molecule has 0 atom stereocenters. The molecule has 3 rings (SSSR count). The van der Waals surface area contributed by atoms with E-state index in [0.29, 0.717) is 27.1 Å². The molecule has 0 aliphatic carbocycles. The van der Waals surface area contributed by atoms with Gasteiger partial charge in [0.05, 0.1) is 20.3 Å². The van der Waals surface area contributed by atoms with Crippen LogP contribution >= 0.6 is 34.5 Å². The van der Waals surface area contributed by atoms with E-state index in [-0.39, 0.29) is 6.04 Å². The third-order valence-corrected chi connectivity index (χ3v) is 5.44. The van der Waals surface area contributed by atoms with Crippen LogP contribution in [0.4, 0.5) is 0 Å². The molecule has 0 bridgehead atoms. The zero-order valence-electron chi connectivity index (χ0n) is 13.7. The zero-order valence-corrected chi connectivity index (χ0v) is 16.1. The maximum atomic E-state index is 12.5. The first kappa shape index (κ1) is 17.9. The van der Waals surface area contributed by atoms with Crippen LogP contribution in [0.1, 0.15) is 30.4 Å². The van der Waals surface area contributed by atoms with Crippen molar-refractivity contribution >= 4 is 50.7 Å². The highest BCUT2D eigenvalue weighted by molar-refractivity contribution is 7.17. The molecule has 0 saturated carbocycles. The molecule has 0 saturated heterocycles. The number of carbonyl (C=O) groups excluding carboxylic acids is 1. The highest BCUT2D eigenvalue weighted by atomic mass is 35.5. The minimum absolute atomic E-state index is 0.175. The summed E-state index contributed by atoms with van der Waals surface area (Å²) in [6.45, 7) is 8.21. The van der Waals surface area contributed by atoms with Crippen molar-refractivity contribution in [2.75, 3.05) is 0 Å². The van der Waals surface area contributed by atoms with Crippen LogP contribution in [0.25, 0.3) is 10.2 Å². The van der Waals surface area contributed by atoms with E-state index in [4.69, 9.17) is 23.2 Å². The van der Waals surface area contributed by atoms with Crippen LogP contribution < -0.4 is 4.80 Å². The number of hydrogen-bond donors (Lipinski definition) is 0. The fourth-order valence-corrected chi connectivity index (χ4v) is 4.03. The Hall–Kier alpha value is -1.89. The van der Waals surface area contributed by atoms with Crippen LogP contribution in [0.3, 0.4) is 0 Å². The summed E-state index contributed by atoms with van der Waals surface area (Å²) in [5.41, 5.74) is 1.05. The van der Waals surface area contributed by atoms with E-state index < -0.39 is 5.91 Å². The van der Waals surface area contributed by atoms with Gasteiger partial charge in [-0.2, -0.15) is 10.1 Å². The molecular weight excluding hydrogens is 379 g/mol. The molecule has 2 heterocycles. The SMILES string of the molecule is C=CCn1c(=NC(=O)c2ccn(C(C)C)n2)sc2c(Cl)ccc(Cl)c21. The number of aromatic nitrogens is 3. The lowest BCUT2D eigenvalue weighted by atomic mass is 10.3. The van der Waals surface area contributed by atoms with Crippen molar-refractivity contribution in [3.8, 4) is 0 Å². The van der Waals surface area contributed by atoms with Gasteiger partial charge in [0.2, 0.25) is 0 Å². The van der Waals surface area contributed by atoms with Gasteiger partial charge in [-0.05, 0) is 32.0 Å². The van der Waals surface area contributed by atoms with Gasteiger partial charge in [0.25, 0.3) is 5.91 Å². The van der Waals surface area contributed by atoms with E-state index in [1.54, 1.807) is 35.2 Å². The van der Waals surface area contributed by atoms with Crippen molar-refractivity contribution in [3.63, 3.8) is 0 Å². The van der Waals surface area contributed by atoms with Crippen LogP contribution in [0.2, 0.25) is 10.0 Å². The Labute approximate surface area is 158 Å². The molecule has 8 heteroatoms. The van der Waals surface area contributed by atoms with Gasteiger partial charge in [-0.1, -0.05) is 40.6 Å². The maximum absolute atomic E-state index is 12.5. The van der Waals surface area contributed by atoms with Gasteiger partial charge in [0.1, 0.15) is 0 Å². The Balaban J connectivity index is 2.16. The summed E-state index contributed by atoms with van der Waals surface area (Å²) in [5.74, 6) is -0.406. The van der Waals surface area contributed by atoms with Crippen molar-refractivity contribution in [1.29, 1.82) is 0 Å². The molecule has 0 N–H and O–H groups in total. The number of nitrogens with zero attached hydrogens (tertiary/aromatic N) is 4. The summed E-state index contributed by atoms with van der Waals surface area (Å²) in [4.78, 5) is 17.3. The number of benzene rings is 1. The number of thiazole rings is 1. The molecular formula is C17H16Cl2N4OS. The number of allylic oxidation sites excluding steroid dienone is 1. The predicted molar refractivity (Wildman–Crippen MR) is 103 cm³/mol. The van der Waals surface area contributed by atoms with E-state index >= 15 is 0 Å². The topological polar surface area (TPSA) is 52.2 Å². The summed E-state index contributed by atoms with van der Waals surface area (Å²) < 4.78 is 4.34. The van der Waals surface area contributed by atoms with Gasteiger partial charge in [-0.25, -0.2) is 0 Å². The molecule has 3 aromatic rings. The minimum atomic E-state index is -0.406. The Kier molecular flexibility index (Phi) is 5.13. The lowest BCUT2D eigenvalue weighted by Crippen LogP contribution is -2.16. The molecule has 130 valence electrons. The predicted octanol–water partition coefficient (Wildman–Crippen LogP) is 4.71. The van der Waals surface area contributed by atoms with Crippen molar-refractivity contribution in [2.45, 2.75) is 26.4 Å². The average molecular weight is 395 g/mol. The van der Waals surface area contributed by atoms with Gasteiger partial charge in [0.15, 0.2) is 10.5 Å². The zero-order chi connectivity index (χ0) is 18.1. The van der Waals surface area contributed by atoms with Gasteiger partial charge in [-0.3, -0.25) is 9.48 Å². The van der Waals surface area contributed by atoms with E-state index in [1.165, 1.54) is 11.3 Å². The highest BCUT2D eigenvalue weighted by Crippen LogP contribution is 2.31. The van der Waals surface area contributed by atoms with Crippen LogP contribution in [0.15, 0.2) is 42.0 Å². The molecule has 1 amide bonds. The van der Waals surface area contributed by atoms with Crippen molar-refractivity contribution in [1.82, 2.24) is 14.3 Å². The van der Waals surface area contributed by atoms with Crippen molar-refractivity contribution < 1.29 is 4.79 Å². The van der Waals surface area contributed by atoms with Crippen LogP contribution in [-0.2, 0) is 6.54 Å². The number of amides is 1. The number of halogens is 2. The molecule has 25 heavy (non-hydrogen) atoms. The first-order chi connectivity index (χ1) is 11.9. The summed E-state index contributed by atoms with van der Waals surface area (Å²) in [5, 5.41) is 5.39. The Morgan fingerprint density at radius 3 is 2.72 bits per heavy atom. The van der Waals surface area contributed by atoms with Crippen LogP contribution in [-0.4, -0.2) is 20.3 Å². The summed E-state index contributed by atoms with van der Waals surface area (Å²) >= 11 is 13.9. The molecule has 0 spiro atoms. The highest BCUT2D eigenvalue weighted by Gasteiger charge is 2.15. The normalized spacial score (nSPS) is 12.3. The average Bonchev–Trinajstić information content (AvgIpc) is 3.18. The third-order valence-electron chi connectivity index (χ3n) is 3.59. The quantitative estimate of drug-likeness (QED) is 0.601. The fraction of sp³-hybridized carbons (Fsp3) is 0.235. The smallest absolute Gasteiger partial charge is 0.300 e. The largest absolute Gasteiger partial charge is 0.311 e. The lowest BCUT2D eigenvalue weighted by molar-refractivity contribution is 0.0992. The monoisotopic (exact) mass is 394 g/mol. The van der Waals surface area contributed by atoms with Crippen LogP contribution in [0, 0.1) is 0 Å². The van der Waals surface area contributed by atoms with E-state index in [0.717, 1.165) is 10.2 Å². The lowest BCUT2D eigenvalue weighted by Gasteiger charge is -2.03. The molecule has 5 nitrogen and oxygen atoms in total. The van der Waals surface area contributed by atoms with Crippen molar-refractivity contribution in [3.05, 3.63) is 57.6 Å². The maximum Gasteiger partial charge on any atom is 0.300 e. The fourth-order valence-electron chi connectivity index (χ4n) is 2.38. The van der Waals surface area contributed by atoms with Crippen molar-refractivity contribution in [2.24, 2.45) is 4.99 Å². The molecule has 0 unspecified atom stereocenters. The summed E-state index contributed by atoms with van der Waals surface area (Å²) in [7, 11) is 0. The summed E-state index contributed by atoms with van der Waals surface area (Å²) in [6, 6.07) is 5.30. The molecule has 0 fully saturated rings. The first-order valence-electron chi connectivity index (χ1n) is 7.64. The molecule has 0 aliphatic heterocycles. The second kappa shape index (κ2) is 7.15. The Bertz CT molecular complexity index is 1030. The van der Waals surface area contributed by atoms with Gasteiger partial charge in [-0.15, -0.1) is 6.58 Å². The first-order valence-corrected chi connectivity index (χ1v) is 9.22. The van der Waals surface area contributed by atoms with E-state index in [1.807, 2.05) is 18.4 Å². The second-order valence-corrected chi connectivity index (χ2v) is 7.47. The molecule has 1 aromatic carbocycles. The second-order valence-electron chi connectivity index (χ2n) is 5.68. The van der Waals surface area contributed by atoms with E-state index in [2.05, 4.69) is 16.7 Å². The minimum Gasteiger partial charge on any atom is -0.311 e. The Morgan fingerprint density at radius 2 is 2.08 bits per heavy atom. The number of hydrogen-bond acceptors (Lipinski definition) is 3. The van der Waals surface area contributed by atoms with E-state index in [9.17, 15) is 4.79 Å². The molecule has 2 aromatic heterocycles. The number of fused-ring (bicyclic) bond motifs is 1. The molecule has 0 aliphatic rings. The third kappa shape index (κ3) is 3.42. The Morgan fingerprint density at radius 1 is 1.36 bits per heavy atom. The van der Waals surface area contributed by atoms with Crippen LogP contribution in [0.5, 0.6) is 0 Å². The molecule has 0 radical (unpaired) electrons. The number of carbonyl (C=O) groups is 1.